The number of amides is 1. The zero-order chi connectivity index (χ0) is 26.5. The van der Waals surface area contributed by atoms with Crippen LogP contribution in [-0.2, 0) is 24.7 Å². The minimum absolute atomic E-state index is 0.0625. The summed E-state index contributed by atoms with van der Waals surface area (Å²) < 4.78 is 70.0. The molecule has 3 aromatic rings. The van der Waals surface area contributed by atoms with Gasteiger partial charge in [-0.25, -0.2) is 21.2 Å². The number of sulfone groups is 1. The molecule has 3 aromatic carbocycles. The first-order chi connectivity index (χ1) is 16.9. The highest BCUT2D eigenvalue weighted by atomic mass is 32.2. The number of nitrogens with one attached hydrogen (secondary N) is 1. The highest BCUT2D eigenvalue weighted by Crippen LogP contribution is 2.26. The third kappa shape index (κ3) is 6.61. The van der Waals surface area contributed by atoms with Crippen LogP contribution in [0.15, 0.2) is 82.6 Å². The van der Waals surface area contributed by atoms with Crippen molar-refractivity contribution in [2.75, 3.05) is 23.7 Å². The topological polar surface area (TPSA) is 110 Å². The van der Waals surface area contributed by atoms with E-state index in [4.69, 9.17) is 4.74 Å². The van der Waals surface area contributed by atoms with Gasteiger partial charge in [-0.15, -0.1) is 0 Å². The summed E-state index contributed by atoms with van der Waals surface area (Å²) in [6.07, 6.45) is 1.10. The molecule has 0 aliphatic carbocycles. The third-order valence-corrected chi connectivity index (χ3v) is 8.23. The Kier molecular flexibility index (Phi) is 8.36. The Bertz CT molecular complexity index is 1410. The van der Waals surface area contributed by atoms with Gasteiger partial charge in [0.2, 0.25) is 5.91 Å². The van der Waals surface area contributed by atoms with Gasteiger partial charge in [0.05, 0.1) is 28.1 Å². The predicted molar refractivity (Wildman–Crippen MR) is 135 cm³/mol. The van der Waals surface area contributed by atoms with Crippen LogP contribution in [0.4, 0.5) is 10.1 Å². The van der Waals surface area contributed by atoms with Crippen molar-refractivity contribution in [3.8, 4) is 5.75 Å². The van der Waals surface area contributed by atoms with E-state index in [1.165, 1.54) is 48.5 Å². The van der Waals surface area contributed by atoms with Gasteiger partial charge >= 0.3 is 0 Å². The van der Waals surface area contributed by atoms with Crippen LogP contribution in [0.1, 0.15) is 25.5 Å². The van der Waals surface area contributed by atoms with E-state index in [1.54, 1.807) is 26.0 Å². The number of nitrogens with zero attached hydrogens (tertiary/aromatic N) is 1. The molecule has 0 aromatic heterocycles. The van der Waals surface area contributed by atoms with Crippen LogP contribution in [0.2, 0.25) is 0 Å². The van der Waals surface area contributed by atoms with Crippen molar-refractivity contribution in [3.63, 3.8) is 0 Å². The Labute approximate surface area is 210 Å². The maximum atomic E-state index is 13.5. The van der Waals surface area contributed by atoms with Gasteiger partial charge in [0.25, 0.3) is 10.0 Å². The lowest BCUT2D eigenvalue weighted by molar-refractivity contribution is -0.120. The number of hydrogen-bond donors (Lipinski definition) is 1. The normalized spacial score (nSPS) is 12.6. The first-order valence-corrected chi connectivity index (χ1v) is 14.4. The maximum Gasteiger partial charge on any atom is 0.264 e. The molecule has 8 nitrogen and oxygen atoms in total. The largest absolute Gasteiger partial charge is 0.494 e. The van der Waals surface area contributed by atoms with Crippen molar-refractivity contribution >= 4 is 31.5 Å². The average Bonchev–Trinajstić information content (AvgIpc) is 2.83. The standard InChI is InChI=1S/C25H27FN2O6S2/c1-4-34-22-11-15-24(16-12-22)36(32,33)28(21-9-7-20(26)8-10-21)17-25(29)27-18(2)19-5-13-23(14-6-19)35(3,30)31/h5-16,18H,4,17H2,1-3H3,(H,27,29)/t18-/m0/s1. The number of ether oxygens (including phenoxy) is 1. The van der Waals surface area contributed by atoms with Gasteiger partial charge in [0, 0.05) is 6.26 Å². The highest BCUT2D eigenvalue weighted by Gasteiger charge is 2.28. The van der Waals surface area contributed by atoms with E-state index in [0.717, 1.165) is 22.7 Å². The Morgan fingerprint density at radius 2 is 1.47 bits per heavy atom. The van der Waals surface area contributed by atoms with Gasteiger partial charge in [-0.3, -0.25) is 9.10 Å². The fourth-order valence-electron chi connectivity index (χ4n) is 3.43. The lowest BCUT2D eigenvalue weighted by Gasteiger charge is -2.25. The highest BCUT2D eigenvalue weighted by molar-refractivity contribution is 7.93. The summed E-state index contributed by atoms with van der Waals surface area (Å²) in [7, 11) is -7.55. The van der Waals surface area contributed by atoms with Crippen LogP contribution in [0.3, 0.4) is 0 Å². The van der Waals surface area contributed by atoms with Crippen molar-refractivity contribution in [2.24, 2.45) is 0 Å². The van der Waals surface area contributed by atoms with E-state index in [0.29, 0.717) is 17.9 Å². The van der Waals surface area contributed by atoms with Crippen LogP contribution in [0.25, 0.3) is 0 Å². The van der Waals surface area contributed by atoms with Crippen LogP contribution >= 0.6 is 0 Å². The lowest BCUT2D eigenvalue weighted by atomic mass is 10.1. The molecule has 0 unspecified atom stereocenters. The van der Waals surface area contributed by atoms with E-state index >= 15 is 0 Å². The number of hydrogen-bond acceptors (Lipinski definition) is 6. The average molecular weight is 535 g/mol. The number of halogens is 1. The Balaban J connectivity index is 1.85. The van der Waals surface area contributed by atoms with Crippen molar-refractivity contribution in [2.45, 2.75) is 29.7 Å². The SMILES string of the molecule is CCOc1ccc(S(=O)(=O)N(CC(=O)N[C@@H](C)c2ccc(S(C)(=O)=O)cc2)c2ccc(F)cc2)cc1. The molecular formula is C25H27FN2O6S2. The lowest BCUT2D eigenvalue weighted by Crippen LogP contribution is -2.41. The molecule has 1 atom stereocenters. The van der Waals surface area contributed by atoms with Gasteiger partial charge < -0.3 is 10.1 Å². The second kappa shape index (κ2) is 11.1. The van der Waals surface area contributed by atoms with Crippen LogP contribution in [0.5, 0.6) is 5.75 Å². The molecule has 0 aliphatic rings. The summed E-state index contributed by atoms with van der Waals surface area (Å²) in [5.41, 5.74) is 0.754. The van der Waals surface area contributed by atoms with E-state index in [-0.39, 0.29) is 15.5 Å². The van der Waals surface area contributed by atoms with Crippen molar-refractivity contribution < 1.29 is 30.8 Å². The second-order valence-corrected chi connectivity index (χ2v) is 11.9. The third-order valence-electron chi connectivity index (χ3n) is 5.31. The maximum absolute atomic E-state index is 13.5. The molecule has 0 saturated heterocycles. The molecule has 3 rings (SSSR count). The van der Waals surface area contributed by atoms with Gasteiger partial charge in [-0.2, -0.15) is 0 Å². The Hall–Kier alpha value is -3.44. The zero-order valence-electron chi connectivity index (χ0n) is 20.0. The molecule has 1 amide bonds. The van der Waals surface area contributed by atoms with E-state index < -0.39 is 44.2 Å². The molecule has 0 bridgehead atoms. The number of carbonyl (C=O) groups is 1. The Morgan fingerprint density at radius 1 is 0.917 bits per heavy atom. The molecule has 36 heavy (non-hydrogen) atoms. The minimum Gasteiger partial charge on any atom is -0.494 e. The number of rotatable bonds is 10. The van der Waals surface area contributed by atoms with E-state index in [2.05, 4.69) is 5.32 Å². The van der Waals surface area contributed by atoms with E-state index in [1.807, 2.05) is 0 Å². The van der Waals surface area contributed by atoms with Gasteiger partial charge in [-0.05, 0) is 80.1 Å². The fourth-order valence-corrected chi connectivity index (χ4v) is 5.48. The molecule has 192 valence electrons. The number of benzene rings is 3. The molecule has 0 aliphatic heterocycles. The second-order valence-electron chi connectivity index (χ2n) is 8.02. The van der Waals surface area contributed by atoms with Gasteiger partial charge in [0.1, 0.15) is 18.1 Å². The number of carbonyl (C=O) groups excluding carboxylic acids is 1. The van der Waals surface area contributed by atoms with Crippen LogP contribution in [0, 0.1) is 5.82 Å². The molecule has 0 heterocycles. The molecule has 0 fully saturated rings. The Morgan fingerprint density at radius 3 is 2.00 bits per heavy atom. The quantitative estimate of drug-likeness (QED) is 0.425. The molecule has 0 saturated carbocycles. The summed E-state index contributed by atoms with van der Waals surface area (Å²) in [5.74, 6) is -0.653. The van der Waals surface area contributed by atoms with Gasteiger partial charge in [-0.1, -0.05) is 12.1 Å². The summed E-state index contributed by atoms with van der Waals surface area (Å²) in [6.45, 7) is 3.35. The fraction of sp³-hybridized carbons (Fsp3) is 0.240. The predicted octanol–water partition coefficient (Wildman–Crippen LogP) is 3.70. The number of sulfonamides is 1. The summed E-state index contributed by atoms with van der Waals surface area (Å²) >= 11 is 0. The monoisotopic (exact) mass is 534 g/mol. The van der Waals surface area contributed by atoms with Crippen molar-refractivity contribution in [3.05, 3.63) is 84.2 Å². The number of anilines is 1. The summed E-state index contributed by atoms with van der Waals surface area (Å²) in [4.78, 5) is 13.0. The summed E-state index contributed by atoms with van der Waals surface area (Å²) in [5, 5.41) is 2.73. The summed E-state index contributed by atoms with van der Waals surface area (Å²) in [6, 6.07) is 16.1. The van der Waals surface area contributed by atoms with Crippen molar-refractivity contribution in [1.29, 1.82) is 0 Å². The van der Waals surface area contributed by atoms with Crippen molar-refractivity contribution in [1.82, 2.24) is 5.32 Å². The minimum atomic E-state index is -4.19. The first-order valence-electron chi connectivity index (χ1n) is 11.0. The zero-order valence-corrected chi connectivity index (χ0v) is 21.6. The molecule has 0 spiro atoms. The van der Waals surface area contributed by atoms with E-state index in [9.17, 15) is 26.0 Å². The smallest absolute Gasteiger partial charge is 0.264 e. The van der Waals surface area contributed by atoms with Gasteiger partial charge in [0.15, 0.2) is 9.84 Å². The molecule has 0 radical (unpaired) electrons. The van der Waals surface area contributed by atoms with Crippen LogP contribution in [-0.4, -0.2) is 42.2 Å². The first kappa shape index (κ1) is 27.2. The van der Waals surface area contributed by atoms with Crippen LogP contribution < -0.4 is 14.4 Å². The molecule has 1 N–H and O–H groups in total. The molecule has 11 heteroatoms. The molecular weight excluding hydrogens is 507 g/mol.